The monoisotopic (exact) mass is 271 g/mol. The molecule has 0 aromatic rings. The van der Waals surface area contributed by atoms with E-state index in [1.54, 1.807) is 4.90 Å². The summed E-state index contributed by atoms with van der Waals surface area (Å²) < 4.78 is 0. The maximum atomic E-state index is 12.4. The number of amides is 1. The number of carbonyl (C=O) groups is 2. The van der Waals surface area contributed by atoms with Gasteiger partial charge < -0.3 is 10.0 Å². The van der Waals surface area contributed by atoms with Crippen molar-refractivity contribution in [3.05, 3.63) is 0 Å². The van der Waals surface area contributed by atoms with Crippen LogP contribution in [0.2, 0.25) is 0 Å². The first-order valence-electron chi connectivity index (χ1n) is 6.70. The number of carboxylic acids is 1. The summed E-state index contributed by atoms with van der Waals surface area (Å²) >= 11 is 1.88. The molecule has 5 heteroatoms. The molecule has 2 aliphatic heterocycles. The summed E-state index contributed by atoms with van der Waals surface area (Å²) in [5.41, 5.74) is 0. The molecule has 0 aliphatic carbocycles. The van der Waals surface area contributed by atoms with Gasteiger partial charge >= 0.3 is 5.97 Å². The van der Waals surface area contributed by atoms with Gasteiger partial charge in [0.05, 0.1) is 0 Å². The Morgan fingerprint density at radius 3 is 2.50 bits per heavy atom. The van der Waals surface area contributed by atoms with Crippen LogP contribution in [0.1, 0.15) is 32.6 Å². The maximum absolute atomic E-state index is 12.4. The number of thioether (sulfide) groups is 1. The van der Waals surface area contributed by atoms with Gasteiger partial charge in [0, 0.05) is 12.5 Å². The minimum atomic E-state index is -0.847. The number of hydrogen-bond acceptors (Lipinski definition) is 3. The molecule has 2 unspecified atom stereocenters. The zero-order valence-electron chi connectivity index (χ0n) is 10.8. The average molecular weight is 271 g/mol. The van der Waals surface area contributed by atoms with Crippen LogP contribution in [0.3, 0.4) is 0 Å². The van der Waals surface area contributed by atoms with Crippen molar-refractivity contribution >= 4 is 23.6 Å². The molecule has 1 N–H and O–H groups in total. The number of rotatable bonds is 2. The van der Waals surface area contributed by atoms with Crippen molar-refractivity contribution in [2.24, 2.45) is 11.8 Å². The van der Waals surface area contributed by atoms with Crippen molar-refractivity contribution in [2.45, 2.75) is 38.6 Å². The minimum absolute atomic E-state index is 0.0570. The number of hydrogen-bond donors (Lipinski definition) is 1. The highest BCUT2D eigenvalue weighted by molar-refractivity contribution is 7.99. The van der Waals surface area contributed by atoms with Gasteiger partial charge in [0.25, 0.3) is 0 Å². The van der Waals surface area contributed by atoms with Gasteiger partial charge in [-0.1, -0.05) is 6.92 Å². The number of carboxylic acid groups (broad SMARTS) is 1. The average Bonchev–Trinajstić information content (AvgIpc) is 2.39. The Morgan fingerprint density at radius 1 is 1.22 bits per heavy atom. The molecule has 0 radical (unpaired) electrons. The smallest absolute Gasteiger partial charge is 0.326 e. The fraction of sp³-hybridized carbons (Fsp3) is 0.846. The number of likely N-dealkylation sites (tertiary alicyclic amines) is 1. The van der Waals surface area contributed by atoms with Crippen molar-refractivity contribution in [3.8, 4) is 0 Å². The van der Waals surface area contributed by atoms with Crippen molar-refractivity contribution in [1.82, 2.24) is 4.90 Å². The number of piperidine rings is 1. The largest absolute Gasteiger partial charge is 0.480 e. The minimum Gasteiger partial charge on any atom is -0.480 e. The molecule has 1 amide bonds. The number of nitrogens with zero attached hydrogens (tertiary/aromatic N) is 1. The Morgan fingerprint density at radius 2 is 1.89 bits per heavy atom. The first-order valence-corrected chi connectivity index (χ1v) is 7.86. The molecule has 2 heterocycles. The van der Waals surface area contributed by atoms with Crippen molar-refractivity contribution in [3.63, 3.8) is 0 Å². The van der Waals surface area contributed by atoms with Crippen molar-refractivity contribution < 1.29 is 14.7 Å². The van der Waals surface area contributed by atoms with Crippen LogP contribution in [0.15, 0.2) is 0 Å². The molecule has 2 atom stereocenters. The number of aliphatic carboxylic acids is 1. The van der Waals surface area contributed by atoms with Crippen LogP contribution < -0.4 is 0 Å². The van der Waals surface area contributed by atoms with Gasteiger partial charge in [-0.2, -0.15) is 11.8 Å². The van der Waals surface area contributed by atoms with Crippen molar-refractivity contribution in [2.75, 3.05) is 18.1 Å². The Labute approximate surface area is 112 Å². The first kappa shape index (κ1) is 13.7. The SMILES string of the molecule is CC1CCN(C(=O)C2CCSCC2)C(C(=O)O)C1. The van der Waals surface area contributed by atoms with Crippen LogP contribution in [0, 0.1) is 11.8 Å². The summed E-state index contributed by atoms with van der Waals surface area (Å²) in [7, 11) is 0. The van der Waals surface area contributed by atoms with E-state index in [9.17, 15) is 14.7 Å². The molecule has 2 saturated heterocycles. The fourth-order valence-electron chi connectivity index (χ4n) is 2.82. The van der Waals surface area contributed by atoms with Gasteiger partial charge in [-0.3, -0.25) is 4.79 Å². The van der Waals surface area contributed by atoms with E-state index in [1.165, 1.54) is 0 Å². The zero-order valence-corrected chi connectivity index (χ0v) is 11.6. The Hall–Kier alpha value is -0.710. The third-order valence-corrected chi connectivity index (χ3v) is 5.05. The lowest BCUT2D eigenvalue weighted by Gasteiger charge is -2.38. The molecule has 102 valence electrons. The van der Waals surface area contributed by atoms with E-state index in [1.807, 2.05) is 11.8 Å². The predicted molar refractivity (Wildman–Crippen MR) is 71.6 cm³/mol. The Kier molecular flexibility index (Phi) is 4.54. The highest BCUT2D eigenvalue weighted by atomic mass is 32.2. The molecule has 2 rings (SSSR count). The van der Waals surface area contributed by atoms with Crippen LogP contribution in [-0.4, -0.2) is 46.0 Å². The third-order valence-electron chi connectivity index (χ3n) is 4.00. The summed E-state index contributed by atoms with van der Waals surface area (Å²) in [4.78, 5) is 25.4. The van der Waals surface area contributed by atoms with Crippen LogP contribution in [0.5, 0.6) is 0 Å². The molecule has 2 aliphatic rings. The van der Waals surface area contributed by atoms with Crippen molar-refractivity contribution in [1.29, 1.82) is 0 Å². The van der Waals surface area contributed by atoms with E-state index in [0.717, 1.165) is 30.8 Å². The molecule has 4 nitrogen and oxygen atoms in total. The lowest BCUT2D eigenvalue weighted by molar-refractivity contribution is -0.155. The standard InChI is InChI=1S/C13H21NO3S/c1-9-2-5-14(11(8-9)13(16)17)12(15)10-3-6-18-7-4-10/h9-11H,2-8H2,1H3,(H,16,17). The van der Waals surface area contributed by atoms with E-state index in [2.05, 4.69) is 6.92 Å². The Balaban J connectivity index is 2.04. The summed E-state index contributed by atoms with van der Waals surface area (Å²) in [5.74, 6) is 1.74. The molecule has 0 spiro atoms. The normalized spacial score (nSPS) is 30.2. The quantitative estimate of drug-likeness (QED) is 0.832. The van der Waals surface area contributed by atoms with Gasteiger partial charge in [-0.15, -0.1) is 0 Å². The summed E-state index contributed by atoms with van der Waals surface area (Å²) in [6, 6.07) is -0.601. The third kappa shape index (κ3) is 2.99. The van der Waals surface area contributed by atoms with Crippen LogP contribution >= 0.6 is 11.8 Å². The molecule has 0 bridgehead atoms. The fourth-order valence-corrected chi connectivity index (χ4v) is 3.92. The molecule has 0 saturated carbocycles. The molecule has 18 heavy (non-hydrogen) atoms. The number of carbonyl (C=O) groups excluding carboxylic acids is 1. The van der Waals surface area contributed by atoms with E-state index < -0.39 is 12.0 Å². The van der Waals surface area contributed by atoms with Gasteiger partial charge in [0.2, 0.25) is 5.91 Å². The second-order valence-electron chi connectivity index (χ2n) is 5.40. The lowest BCUT2D eigenvalue weighted by Crippen LogP contribution is -2.52. The highest BCUT2D eigenvalue weighted by Gasteiger charge is 2.37. The Bertz CT molecular complexity index is 328. The molecular weight excluding hydrogens is 250 g/mol. The highest BCUT2D eigenvalue weighted by Crippen LogP contribution is 2.29. The van der Waals surface area contributed by atoms with E-state index in [-0.39, 0.29) is 11.8 Å². The van der Waals surface area contributed by atoms with Crippen LogP contribution in [0.25, 0.3) is 0 Å². The second-order valence-corrected chi connectivity index (χ2v) is 6.63. The first-order chi connectivity index (χ1) is 8.59. The van der Waals surface area contributed by atoms with E-state index in [4.69, 9.17) is 0 Å². The summed E-state index contributed by atoms with van der Waals surface area (Å²) in [6.45, 7) is 2.68. The topological polar surface area (TPSA) is 57.6 Å². The molecule has 2 fully saturated rings. The van der Waals surface area contributed by atoms with Crippen LogP contribution in [-0.2, 0) is 9.59 Å². The lowest BCUT2D eigenvalue weighted by atomic mass is 9.90. The van der Waals surface area contributed by atoms with Gasteiger partial charge in [0.15, 0.2) is 0 Å². The van der Waals surface area contributed by atoms with Gasteiger partial charge in [0.1, 0.15) is 6.04 Å². The molecule has 0 aromatic carbocycles. The zero-order chi connectivity index (χ0) is 13.1. The summed E-state index contributed by atoms with van der Waals surface area (Å²) in [6.07, 6.45) is 3.34. The van der Waals surface area contributed by atoms with E-state index in [0.29, 0.717) is 18.9 Å². The summed E-state index contributed by atoms with van der Waals surface area (Å²) in [5, 5.41) is 9.28. The maximum Gasteiger partial charge on any atom is 0.326 e. The van der Waals surface area contributed by atoms with E-state index >= 15 is 0 Å². The predicted octanol–water partition coefficient (Wildman–Crippen LogP) is 1.84. The van der Waals surface area contributed by atoms with Gasteiger partial charge in [-0.05, 0) is 43.1 Å². The second kappa shape index (κ2) is 5.95. The van der Waals surface area contributed by atoms with Crippen LogP contribution in [0.4, 0.5) is 0 Å². The molecular formula is C13H21NO3S. The van der Waals surface area contributed by atoms with Gasteiger partial charge in [-0.25, -0.2) is 4.79 Å². The molecule has 0 aromatic heterocycles.